The molecule has 0 bridgehead atoms. The predicted octanol–water partition coefficient (Wildman–Crippen LogP) is 2.84. The molecule has 1 N–H and O–H groups in total. The smallest absolute Gasteiger partial charge is 0.317 e. The molecule has 0 spiro atoms. The van der Waals surface area contributed by atoms with Gasteiger partial charge in [0.05, 0.1) is 0 Å². The number of halogens is 2. The molecule has 0 fully saturated rings. The van der Waals surface area contributed by atoms with Crippen molar-refractivity contribution in [2.45, 2.75) is 11.2 Å². The maximum atomic E-state index is 10.5. The molecule has 0 saturated carbocycles. The molecule has 0 heterocycles. The van der Waals surface area contributed by atoms with E-state index in [-0.39, 0.29) is 0 Å². The van der Waals surface area contributed by atoms with Gasteiger partial charge in [0.25, 0.3) is 0 Å². The van der Waals surface area contributed by atoms with Crippen LogP contribution in [0.5, 0.6) is 0 Å². The Morgan fingerprint density at radius 1 is 1.54 bits per heavy atom. The SMILES string of the molecule is O=C(O)C(Br)Cc1cccc(Br)c1. The summed E-state index contributed by atoms with van der Waals surface area (Å²) in [5.41, 5.74) is 0.999. The molecule has 0 aliphatic rings. The second-order valence-corrected chi connectivity index (χ2v) is 4.66. The van der Waals surface area contributed by atoms with E-state index in [0.717, 1.165) is 10.0 Å². The molecular formula is C9H8Br2O2. The zero-order chi connectivity index (χ0) is 9.84. The minimum absolute atomic E-state index is 0.495. The molecule has 0 aromatic heterocycles. The van der Waals surface area contributed by atoms with Crippen molar-refractivity contribution in [3.8, 4) is 0 Å². The highest BCUT2D eigenvalue weighted by molar-refractivity contribution is 9.10. The molecule has 70 valence electrons. The average Bonchev–Trinajstić information content (AvgIpc) is 2.04. The van der Waals surface area contributed by atoms with E-state index in [1.54, 1.807) is 0 Å². The standard InChI is InChI=1S/C9H8Br2O2/c10-7-3-1-2-6(4-7)5-8(11)9(12)13/h1-4,8H,5H2,(H,12,13). The van der Waals surface area contributed by atoms with Gasteiger partial charge in [-0.3, -0.25) is 4.79 Å². The largest absolute Gasteiger partial charge is 0.480 e. The minimum atomic E-state index is -0.833. The highest BCUT2D eigenvalue weighted by Gasteiger charge is 2.13. The Morgan fingerprint density at radius 2 is 2.23 bits per heavy atom. The number of carboxylic acids is 1. The number of carboxylic acid groups (broad SMARTS) is 1. The lowest BCUT2D eigenvalue weighted by atomic mass is 10.1. The van der Waals surface area contributed by atoms with Crippen molar-refractivity contribution in [1.82, 2.24) is 0 Å². The van der Waals surface area contributed by atoms with Gasteiger partial charge in [0.2, 0.25) is 0 Å². The molecule has 2 nitrogen and oxygen atoms in total. The molecular weight excluding hydrogens is 300 g/mol. The van der Waals surface area contributed by atoms with Crippen molar-refractivity contribution < 1.29 is 9.90 Å². The van der Waals surface area contributed by atoms with Crippen molar-refractivity contribution in [3.05, 3.63) is 34.3 Å². The van der Waals surface area contributed by atoms with Crippen LogP contribution in [0.3, 0.4) is 0 Å². The van der Waals surface area contributed by atoms with Crippen LogP contribution in [0.1, 0.15) is 5.56 Å². The van der Waals surface area contributed by atoms with Crippen molar-refractivity contribution in [1.29, 1.82) is 0 Å². The van der Waals surface area contributed by atoms with Gasteiger partial charge in [-0.25, -0.2) is 0 Å². The molecule has 0 aliphatic carbocycles. The number of alkyl halides is 1. The zero-order valence-electron chi connectivity index (χ0n) is 6.71. The van der Waals surface area contributed by atoms with E-state index in [9.17, 15) is 4.79 Å². The Hall–Kier alpha value is -0.350. The van der Waals surface area contributed by atoms with Crippen molar-refractivity contribution in [3.63, 3.8) is 0 Å². The summed E-state index contributed by atoms with van der Waals surface area (Å²) in [6.45, 7) is 0. The van der Waals surface area contributed by atoms with Crippen molar-refractivity contribution in [2.75, 3.05) is 0 Å². The second-order valence-electron chi connectivity index (χ2n) is 2.64. The Kier molecular flexibility index (Phi) is 3.93. The van der Waals surface area contributed by atoms with Crippen molar-refractivity contribution in [2.24, 2.45) is 0 Å². The van der Waals surface area contributed by atoms with Crippen LogP contribution in [-0.4, -0.2) is 15.9 Å². The molecule has 0 saturated heterocycles. The zero-order valence-corrected chi connectivity index (χ0v) is 9.88. The molecule has 13 heavy (non-hydrogen) atoms. The maximum Gasteiger partial charge on any atom is 0.317 e. The summed E-state index contributed by atoms with van der Waals surface area (Å²) in [4.78, 5) is 10.0. The summed E-state index contributed by atoms with van der Waals surface area (Å²) < 4.78 is 0.968. The lowest BCUT2D eigenvalue weighted by Crippen LogP contribution is -2.15. The summed E-state index contributed by atoms with van der Waals surface area (Å²) in [6, 6.07) is 7.62. The van der Waals surface area contributed by atoms with Gasteiger partial charge in [-0.15, -0.1) is 0 Å². The highest BCUT2D eigenvalue weighted by Crippen LogP contribution is 2.15. The van der Waals surface area contributed by atoms with Crippen LogP contribution in [-0.2, 0) is 11.2 Å². The first-order chi connectivity index (χ1) is 6.09. The third-order valence-electron chi connectivity index (χ3n) is 1.57. The summed E-state index contributed by atoms with van der Waals surface area (Å²) in [5.74, 6) is -0.833. The molecule has 1 rings (SSSR count). The average molecular weight is 308 g/mol. The van der Waals surface area contributed by atoms with E-state index in [0.29, 0.717) is 6.42 Å². The van der Waals surface area contributed by atoms with Crippen LogP contribution in [0.15, 0.2) is 28.7 Å². The molecule has 0 radical (unpaired) electrons. The van der Waals surface area contributed by atoms with E-state index in [4.69, 9.17) is 5.11 Å². The quantitative estimate of drug-likeness (QED) is 0.872. The van der Waals surface area contributed by atoms with Gasteiger partial charge in [-0.2, -0.15) is 0 Å². The topological polar surface area (TPSA) is 37.3 Å². The number of rotatable bonds is 3. The van der Waals surface area contributed by atoms with Gasteiger partial charge < -0.3 is 5.11 Å². The molecule has 1 aromatic rings. The number of hydrogen-bond donors (Lipinski definition) is 1. The lowest BCUT2D eigenvalue weighted by Gasteiger charge is -2.04. The van der Waals surface area contributed by atoms with E-state index < -0.39 is 10.8 Å². The van der Waals surface area contributed by atoms with E-state index in [1.165, 1.54) is 0 Å². The Labute approximate surface area is 93.2 Å². The van der Waals surface area contributed by atoms with Crippen LogP contribution in [0, 0.1) is 0 Å². The van der Waals surface area contributed by atoms with E-state index in [1.807, 2.05) is 24.3 Å². The van der Waals surface area contributed by atoms with Gasteiger partial charge >= 0.3 is 5.97 Å². The Bertz CT molecular complexity index is 312. The fraction of sp³-hybridized carbons (Fsp3) is 0.222. The van der Waals surface area contributed by atoms with Crippen molar-refractivity contribution >= 4 is 37.8 Å². The third-order valence-corrected chi connectivity index (χ3v) is 2.78. The van der Waals surface area contributed by atoms with Crippen LogP contribution in [0.4, 0.5) is 0 Å². The van der Waals surface area contributed by atoms with Crippen LogP contribution < -0.4 is 0 Å². The van der Waals surface area contributed by atoms with E-state index in [2.05, 4.69) is 31.9 Å². The summed E-state index contributed by atoms with van der Waals surface area (Å²) in [5, 5.41) is 8.65. The number of hydrogen-bond acceptors (Lipinski definition) is 1. The Balaban J connectivity index is 2.69. The molecule has 4 heteroatoms. The second kappa shape index (κ2) is 4.77. The monoisotopic (exact) mass is 306 g/mol. The third kappa shape index (κ3) is 3.48. The van der Waals surface area contributed by atoms with Gasteiger partial charge in [-0.1, -0.05) is 44.0 Å². The van der Waals surface area contributed by atoms with Gasteiger partial charge in [0.15, 0.2) is 0 Å². The number of carbonyl (C=O) groups is 1. The fourth-order valence-corrected chi connectivity index (χ4v) is 1.78. The van der Waals surface area contributed by atoms with Crippen LogP contribution in [0.2, 0.25) is 0 Å². The minimum Gasteiger partial charge on any atom is -0.480 e. The van der Waals surface area contributed by atoms with E-state index >= 15 is 0 Å². The molecule has 0 amide bonds. The first-order valence-electron chi connectivity index (χ1n) is 3.71. The summed E-state index contributed by atoms with van der Waals surface area (Å²) in [7, 11) is 0. The first kappa shape index (κ1) is 10.7. The number of aliphatic carboxylic acids is 1. The number of benzene rings is 1. The summed E-state index contributed by atoms with van der Waals surface area (Å²) >= 11 is 6.41. The maximum absolute atomic E-state index is 10.5. The normalized spacial score (nSPS) is 12.5. The molecule has 1 atom stereocenters. The lowest BCUT2D eigenvalue weighted by molar-refractivity contribution is -0.136. The van der Waals surface area contributed by atoms with Gasteiger partial charge in [0, 0.05) is 4.47 Å². The molecule has 1 aromatic carbocycles. The van der Waals surface area contributed by atoms with Crippen LogP contribution >= 0.6 is 31.9 Å². The van der Waals surface area contributed by atoms with Gasteiger partial charge in [0.1, 0.15) is 4.83 Å². The fourth-order valence-electron chi connectivity index (χ4n) is 0.958. The van der Waals surface area contributed by atoms with Crippen LogP contribution in [0.25, 0.3) is 0 Å². The first-order valence-corrected chi connectivity index (χ1v) is 5.42. The predicted molar refractivity (Wildman–Crippen MR) is 58.2 cm³/mol. The molecule has 0 aliphatic heterocycles. The molecule has 1 unspecified atom stereocenters. The highest BCUT2D eigenvalue weighted by atomic mass is 79.9. The van der Waals surface area contributed by atoms with Gasteiger partial charge in [-0.05, 0) is 24.1 Å². The summed E-state index contributed by atoms with van der Waals surface area (Å²) in [6.07, 6.45) is 0.495. The Morgan fingerprint density at radius 3 is 2.77 bits per heavy atom.